The molecule has 0 saturated heterocycles. The Morgan fingerprint density at radius 3 is 2.00 bits per heavy atom. The van der Waals surface area contributed by atoms with Crippen LogP contribution in [0, 0.1) is 11.8 Å². The third-order valence-corrected chi connectivity index (χ3v) is 2.46. The Balaban J connectivity index is 3.42. The maximum Gasteiger partial charge on any atom is 0.00966 e. The zero-order valence-electron chi connectivity index (χ0n) is 11.0. The Kier molecular flexibility index (Phi) is 6.43. The fraction of sp³-hybridized carbons (Fsp3) is 1.00. The van der Waals surface area contributed by atoms with Gasteiger partial charge in [0, 0.05) is 5.54 Å². The van der Waals surface area contributed by atoms with Gasteiger partial charge in [0.15, 0.2) is 0 Å². The van der Waals surface area contributed by atoms with E-state index in [-0.39, 0.29) is 5.54 Å². The van der Waals surface area contributed by atoms with Crippen LogP contribution in [0.15, 0.2) is 0 Å². The number of nitrogens with one attached hydrogen (secondary N) is 1. The first kappa shape index (κ1) is 14.0. The zero-order chi connectivity index (χ0) is 11.2. The number of hydrogen-bond acceptors (Lipinski definition) is 1. The third-order valence-electron chi connectivity index (χ3n) is 2.46. The summed E-state index contributed by atoms with van der Waals surface area (Å²) < 4.78 is 0. The van der Waals surface area contributed by atoms with Gasteiger partial charge in [0.25, 0.3) is 0 Å². The summed E-state index contributed by atoms with van der Waals surface area (Å²) >= 11 is 0. The van der Waals surface area contributed by atoms with Crippen LogP contribution in [0.3, 0.4) is 0 Å². The summed E-state index contributed by atoms with van der Waals surface area (Å²) in [5, 5.41) is 3.56. The molecule has 0 aliphatic heterocycles. The van der Waals surface area contributed by atoms with Crippen molar-refractivity contribution in [1.82, 2.24) is 5.32 Å². The molecule has 0 heterocycles. The van der Waals surface area contributed by atoms with Crippen LogP contribution in [0.25, 0.3) is 0 Å². The van der Waals surface area contributed by atoms with Crippen LogP contribution in [0.2, 0.25) is 0 Å². The third kappa shape index (κ3) is 10.0. The van der Waals surface area contributed by atoms with E-state index in [2.05, 4.69) is 46.9 Å². The normalized spacial score (nSPS) is 14.8. The summed E-state index contributed by atoms with van der Waals surface area (Å²) in [6, 6.07) is 0. The van der Waals surface area contributed by atoms with E-state index in [1.165, 1.54) is 19.3 Å². The first-order valence-electron chi connectivity index (χ1n) is 6.06. The summed E-state index contributed by atoms with van der Waals surface area (Å²) in [5.41, 5.74) is 0.270. The molecule has 86 valence electrons. The van der Waals surface area contributed by atoms with Crippen molar-refractivity contribution in [1.29, 1.82) is 0 Å². The van der Waals surface area contributed by atoms with Crippen molar-refractivity contribution in [3.05, 3.63) is 0 Å². The number of hydrogen-bond donors (Lipinski definition) is 1. The van der Waals surface area contributed by atoms with Gasteiger partial charge in [-0.15, -0.1) is 0 Å². The zero-order valence-corrected chi connectivity index (χ0v) is 11.0. The highest BCUT2D eigenvalue weighted by Gasteiger charge is 2.10. The summed E-state index contributed by atoms with van der Waals surface area (Å²) in [7, 11) is 0. The monoisotopic (exact) mass is 199 g/mol. The van der Waals surface area contributed by atoms with Gasteiger partial charge in [-0.2, -0.15) is 0 Å². The molecule has 0 rings (SSSR count). The lowest BCUT2D eigenvalue weighted by Gasteiger charge is -2.23. The van der Waals surface area contributed by atoms with Gasteiger partial charge < -0.3 is 5.32 Å². The Hall–Kier alpha value is -0.0400. The van der Waals surface area contributed by atoms with Crippen LogP contribution in [0.5, 0.6) is 0 Å². The topological polar surface area (TPSA) is 12.0 Å². The molecule has 0 aromatic carbocycles. The number of rotatable bonds is 6. The summed E-state index contributed by atoms with van der Waals surface area (Å²) in [4.78, 5) is 0. The quantitative estimate of drug-likeness (QED) is 0.685. The summed E-state index contributed by atoms with van der Waals surface area (Å²) in [5.74, 6) is 1.67. The van der Waals surface area contributed by atoms with Gasteiger partial charge in [-0.05, 0) is 45.6 Å². The highest BCUT2D eigenvalue weighted by Crippen LogP contribution is 2.12. The highest BCUT2D eigenvalue weighted by molar-refractivity contribution is 4.71. The molecule has 0 bridgehead atoms. The molecule has 0 aromatic heterocycles. The van der Waals surface area contributed by atoms with Crippen LogP contribution in [-0.2, 0) is 0 Å². The van der Waals surface area contributed by atoms with Crippen molar-refractivity contribution in [2.75, 3.05) is 6.54 Å². The molecule has 0 fully saturated rings. The summed E-state index contributed by atoms with van der Waals surface area (Å²) in [6.45, 7) is 14.8. The predicted molar refractivity (Wildman–Crippen MR) is 65.6 cm³/mol. The molecule has 0 saturated carbocycles. The van der Waals surface area contributed by atoms with Crippen LogP contribution in [0.4, 0.5) is 0 Å². The molecular formula is C13H29N. The van der Waals surface area contributed by atoms with Gasteiger partial charge in [-0.25, -0.2) is 0 Å². The lowest BCUT2D eigenvalue weighted by molar-refractivity contribution is 0.361. The molecule has 0 radical (unpaired) electrons. The van der Waals surface area contributed by atoms with Crippen LogP contribution < -0.4 is 5.32 Å². The van der Waals surface area contributed by atoms with E-state index >= 15 is 0 Å². The molecule has 0 spiro atoms. The lowest BCUT2D eigenvalue weighted by Crippen LogP contribution is -2.38. The van der Waals surface area contributed by atoms with E-state index in [0.717, 1.165) is 18.4 Å². The van der Waals surface area contributed by atoms with Crippen molar-refractivity contribution in [2.24, 2.45) is 11.8 Å². The van der Waals surface area contributed by atoms with Gasteiger partial charge in [-0.3, -0.25) is 0 Å². The van der Waals surface area contributed by atoms with Gasteiger partial charge in [-0.1, -0.05) is 33.6 Å². The Morgan fingerprint density at radius 1 is 1.00 bits per heavy atom. The van der Waals surface area contributed by atoms with Crippen LogP contribution in [0.1, 0.15) is 60.8 Å². The van der Waals surface area contributed by atoms with Gasteiger partial charge in [0.1, 0.15) is 0 Å². The molecule has 0 amide bonds. The van der Waals surface area contributed by atoms with Crippen LogP contribution >= 0.6 is 0 Å². The molecule has 1 atom stereocenters. The van der Waals surface area contributed by atoms with Gasteiger partial charge >= 0.3 is 0 Å². The first-order valence-corrected chi connectivity index (χ1v) is 6.06. The first-order chi connectivity index (χ1) is 6.31. The Labute approximate surface area is 90.7 Å². The average Bonchev–Trinajstić information content (AvgIpc) is 1.99. The minimum absolute atomic E-state index is 0.270. The molecule has 1 heteroatoms. The van der Waals surface area contributed by atoms with E-state index in [9.17, 15) is 0 Å². The average molecular weight is 199 g/mol. The second kappa shape index (κ2) is 6.44. The predicted octanol–water partition coefficient (Wildman–Crippen LogP) is 3.84. The summed E-state index contributed by atoms with van der Waals surface area (Å²) in [6.07, 6.45) is 4.12. The minimum Gasteiger partial charge on any atom is -0.312 e. The van der Waals surface area contributed by atoms with E-state index in [4.69, 9.17) is 0 Å². The molecule has 1 nitrogen and oxygen atoms in total. The van der Waals surface area contributed by atoms with E-state index in [1.807, 2.05) is 0 Å². The maximum atomic E-state index is 3.56. The molecule has 1 N–H and O–H groups in total. The lowest BCUT2D eigenvalue weighted by atomic mass is 9.98. The van der Waals surface area contributed by atoms with E-state index in [1.54, 1.807) is 0 Å². The molecular weight excluding hydrogens is 170 g/mol. The highest BCUT2D eigenvalue weighted by atomic mass is 14.9. The van der Waals surface area contributed by atoms with Crippen molar-refractivity contribution in [3.63, 3.8) is 0 Å². The molecule has 0 aliphatic rings. The van der Waals surface area contributed by atoms with Crippen molar-refractivity contribution >= 4 is 0 Å². The molecule has 1 unspecified atom stereocenters. The fourth-order valence-corrected chi connectivity index (χ4v) is 1.46. The second-order valence-corrected chi connectivity index (χ2v) is 6.06. The van der Waals surface area contributed by atoms with Crippen molar-refractivity contribution in [3.8, 4) is 0 Å². The largest absolute Gasteiger partial charge is 0.312 e. The fourth-order valence-electron chi connectivity index (χ4n) is 1.46. The maximum absolute atomic E-state index is 3.56. The second-order valence-electron chi connectivity index (χ2n) is 6.06. The SMILES string of the molecule is CC(C)CCCC(C)CNC(C)(C)C. The van der Waals surface area contributed by atoms with Crippen LogP contribution in [-0.4, -0.2) is 12.1 Å². The standard InChI is InChI=1S/C13H29N/c1-11(2)8-7-9-12(3)10-14-13(4,5)6/h11-12,14H,7-10H2,1-6H3. The smallest absolute Gasteiger partial charge is 0.00966 e. The van der Waals surface area contributed by atoms with Gasteiger partial charge in [0.2, 0.25) is 0 Å². The molecule has 0 aliphatic carbocycles. The van der Waals surface area contributed by atoms with E-state index < -0.39 is 0 Å². The van der Waals surface area contributed by atoms with Gasteiger partial charge in [0.05, 0.1) is 0 Å². The Bertz CT molecular complexity index is 133. The van der Waals surface area contributed by atoms with Crippen molar-refractivity contribution in [2.45, 2.75) is 66.3 Å². The minimum atomic E-state index is 0.270. The Morgan fingerprint density at radius 2 is 1.57 bits per heavy atom. The van der Waals surface area contributed by atoms with Crippen molar-refractivity contribution < 1.29 is 0 Å². The molecule has 14 heavy (non-hydrogen) atoms. The molecule has 0 aromatic rings. The van der Waals surface area contributed by atoms with E-state index in [0.29, 0.717) is 0 Å².